The van der Waals surface area contributed by atoms with Crippen LogP contribution in [0, 0.1) is 16.7 Å². The van der Waals surface area contributed by atoms with Gasteiger partial charge in [0.25, 0.3) is 0 Å². The van der Waals surface area contributed by atoms with Gasteiger partial charge in [0.1, 0.15) is 12.6 Å². The van der Waals surface area contributed by atoms with E-state index in [1.54, 1.807) is 0 Å². The summed E-state index contributed by atoms with van der Waals surface area (Å²) in [7, 11) is 6.13. The minimum Gasteiger partial charge on any atom is -0.387 e. The van der Waals surface area contributed by atoms with Gasteiger partial charge in [-0.05, 0) is 55.3 Å². The summed E-state index contributed by atoms with van der Waals surface area (Å²) >= 11 is 0. The highest BCUT2D eigenvalue weighted by Gasteiger charge is 2.60. The van der Waals surface area contributed by atoms with Gasteiger partial charge in [0, 0.05) is 5.54 Å². The van der Waals surface area contributed by atoms with Crippen molar-refractivity contribution in [2.75, 3.05) is 27.7 Å². The number of aliphatic hydroxyl groups is 1. The second kappa shape index (κ2) is 5.19. The number of nitrogens with one attached hydrogen (secondary N) is 1. The van der Waals surface area contributed by atoms with Gasteiger partial charge in [-0.3, -0.25) is 4.79 Å². The van der Waals surface area contributed by atoms with Crippen LogP contribution in [0.15, 0.2) is 0 Å². The van der Waals surface area contributed by atoms with E-state index in [1.807, 2.05) is 21.1 Å². The summed E-state index contributed by atoms with van der Waals surface area (Å²) in [6.07, 6.45) is 7.07. The molecule has 0 saturated heterocycles. The fourth-order valence-electron chi connectivity index (χ4n) is 6.84. The van der Waals surface area contributed by atoms with Gasteiger partial charge < -0.3 is 14.9 Å². The van der Waals surface area contributed by atoms with Gasteiger partial charge in [0.15, 0.2) is 0 Å². The maximum atomic E-state index is 12.6. The number of likely N-dealkylation sites (N-methyl/N-ethyl adjacent to an activating group) is 1. The lowest BCUT2D eigenvalue weighted by Crippen LogP contribution is -2.65. The van der Waals surface area contributed by atoms with Crippen molar-refractivity contribution < 1.29 is 14.4 Å². The van der Waals surface area contributed by atoms with E-state index < -0.39 is 6.10 Å². The zero-order chi connectivity index (χ0) is 17.1. The fourth-order valence-corrected chi connectivity index (χ4v) is 6.84. The molecule has 1 amide bonds. The molecule has 4 nitrogen and oxygen atoms in total. The quantitative estimate of drug-likeness (QED) is 0.763. The van der Waals surface area contributed by atoms with Crippen LogP contribution in [0.5, 0.6) is 0 Å². The first-order chi connectivity index (χ1) is 10.4. The van der Waals surface area contributed by atoms with Crippen molar-refractivity contribution in [1.29, 1.82) is 0 Å². The third kappa shape index (κ3) is 3.74. The Morgan fingerprint density at radius 1 is 1.13 bits per heavy atom. The van der Waals surface area contributed by atoms with Crippen molar-refractivity contribution in [3.05, 3.63) is 0 Å². The molecular formula is C19H35N2O2+. The number of carbonyl (C=O) groups excluding carboxylic acids is 1. The number of rotatable bonds is 5. The maximum Gasteiger partial charge on any atom is 0.223 e. The van der Waals surface area contributed by atoms with Crippen LogP contribution in [0.25, 0.3) is 0 Å². The Morgan fingerprint density at radius 3 is 2.17 bits per heavy atom. The molecule has 0 heterocycles. The molecule has 4 fully saturated rings. The Hall–Kier alpha value is -0.610. The van der Waals surface area contributed by atoms with Gasteiger partial charge in [-0.15, -0.1) is 0 Å². The fraction of sp³-hybridized carbons (Fsp3) is 0.947. The summed E-state index contributed by atoms with van der Waals surface area (Å²) in [5, 5.41) is 13.6. The van der Waals surface area contributed by atoms with Crippen molar-refractivity contribution in [3.63, 3.8) is 0 Å². The van der Waals surface area contributed by atoms with E-state index in [0.29, 0.717) is 21.9 Å². The first kappa shape index (κ1) is 17.2. The smallest absolute Gasteiger partial charge is 0.223 e. The van der Waals surface area contributed by atoms with Crippen molar-refractivity contribution in [2.24, 2.45) is 16.7 Å². The summed E-state index contributed by atoms with van der Waals surface area (Å²) in [5.41, 5.74) is 0.807. The number of amides is 1. The van der Waals surface area contributed by atoms with Crippen LogP contribution in [0.3, 0.4) is 0 Å². The summed E-state index contributed by atoms with van der Waals surface area (Å²) in [5.74, 6) is 0.817. The van der Waals surface area contributed by atoms with Crippen LogP contribution in [0.1, 0.15) is 58.8 Å². The van der Waals surface area contributed by atoms with E-state index >= 15 is 0 Å². The molecule has 132 valence electrons. The van der Waals surface area contributed by atoms with Crippen LogP contribution in [-0.4, -0.2) is 54.8 Å². The molecule has 0 aromatic carbocycles. The first-order valence-corrected chi connectivity index (χ1v) is 9.20. The molecule has 4 heteroatoms. The van der Waals surface area contributed by atoms with Gasteiger partial charge in [0.05, 0.1) is 27.6 Å². The molecule has 3 unspecified atom stereocenters. The number of nitrogens with zero attached hydrogens (tertiary/aromatic N) is 1. The van der Waals surface area contributed by atoms with E-state index in [9.17, 15) is 9.90 Å². The molecular weight excluding hydrogens is 288 g/mol. The van der Waals surface area contributed by atoms with Crippen LogP contribution in [-0.2, 0) is 4.79 Å². The van der Waals surface area contributed by atoms with Crippen molar-refractivity contribution >= 4 is 5.91 Å². The molecule has 4 bridgehead atoms. The van der Waals surface area contributed by atoms with Crippen LogP contribution in [0.2, 0.25) is 0 Å². The predicted octanol–water partition coefficient (Wildman–Crippen LogP) is 2.31. The molecule has 4 aliphatic rings. The lowest BCUT2D eigenvalue weighted by molar-refractivity contribution is -0.873. The van der Waals surface area contributed by atoms with Crippen molar-refractivity contribution in [3.8, 4) is 0 Å². The highest BCUT2D eigenvalue weighted by molar-refractivity contribution is 5.77. The van der Waals surface area contributed by atoms with Gasteiger partial charge in [0.2, 0.25) is 5.91 Å². The Morgan fingerprint density at radius 2 is 1.70 bits per heavy atom. The normalized spacial score (nSPS) is 43.5. The molecule has 0 radical (unpaired) electrons. The average molecular weight is 324 g/mol. The Kier molecular flexibility index (Phi) is 3.89. The molecule has 4 aliphatic carbocycles. The lowest BCUT2D eigenvalue weighted by Gasteiger charge is -2.65. The van der Waals surface area contributed by atoms with Gasteiger partial charge in [-0.1, -0.05) is 13.8 Å². The maximum absolute atomic E-state index is 12.6. The number of carbonyl (C=O) groups is 1. The first-order valence-electron chi connectivity index (χ1n) is 9.20. The van der Waals surface area contributed by atoms with E-state index in [-0.39, 0.29) is 17.9 Å². The highest BCUT2D eigenvalue weighted by atomic mass is 16.3. The van der Waals surface area contributed by atoms with Crippen LogP contribution in [0.4, 0.5) is 0 Å². The topological polar surface area (TPSA) is 49.3 Å². The van der Waals surface area contributed by atoms with Gasteiger partial charge >= 0.3 is 0 Å². The van der Waals surface area contributed by atoms with Gasteiger partial charge in [-0.25, -0.2) is 0 Å². The average Bonchev–Trinajstić information content (AvgIpc) is 2.17. The van der Waals surface area contributed by atoms with Crippen LogP contribution < -0.4 is 5.32 Å². The molecule has 0 aromatic heterocycles. The molecule has 0 aromatic rings. The summed E-state index contributed by atoms with van der Waals surface area (Å²) < 4.78 is 0.678. The zero-order valence-electron chi connectivity index (χ0n) is 15.6. The summed E-state index contributed by atoms with van der Waals surface area (Å²) in [6, 6.07) is 0. The molecule has 23 heavy (non-hydrogen) atoms. The largest absolute Gasteiger partial charge is 0.387 e. The third-order valence-corrected chi connectivity index (χ3v) is 6.21. The minimum absolute atomic E-state index is 0.00366. The van der Waals surface area contributed by atoms with Crippen LogP contribution >= 0.6 is 0 Å². The van der Waals surface area contributed by atoms with E-state index in [1.165, 1.54) is 19.3 Å². The molecule has 3 atom stereocenters. The molecule has 0 aliphatic heterocycles. The summed E-state index contributed by atoms with van der Waals surface area (Å²) in [6.45, 7) is 5.45. The SMILES string of the molecule is CC12CC3CC(C)(C1)CC(NC(=O)CC(O)C[N+](C)(C)C)(C3)C2. The van der Waals surface area contributed by atoms with Crippen molar-refractivity contribution in [2.45, 2.75) is 70.4 Å². The third-order valence-electron chi connectivity index (χ3n) is 6.21. The molecule has 0 spiro atoms. The lowest BCUT2D eigenvalue weighted by atomic mass is 9.43. The van der Waals surface area contributed by atoms with E-state index in [2.05, 4.69) is 19.2 Å². The number of quaternary nitrogens is 1. The Labute approximate surface area is 141 Å². The second-order valence-corrected chi connectivity index (χ2v) is 10.8. The monoisotopic (exact) mass is 323 g/mol. The zero-order valence-corrected chi connectivity index (χ0v) is 15.6. The predicted molar refractivity (Wildman–Crippen MR) is 91.8 cm³/mol. The number of hydrogen-bond acceptors (Lipinski definition) is 2. The Bertz CT molecular complexity index is 478. The van der Waals surface area contributed by atoms with Gasteiger partial charge in [-0.2, -0.15) is 0 Å². The molecule has 4 rings (SSSR count). The summed E-state index contributed by atoms with van der Waals surface area (Å²) in [4.78, 5) is 12.6. The minimum atomic E-state index is -0.560. The molecule has 2 N–H and O–H groups in total. The van der Waals surface area contributed by atoms with E-state index in [4.69, 9.17) is 0 Å². The highest BCUT2D eigenvalue weighted by Crippen LogP contribution is 2.66. The standard InChI is InChI=1S/C19H34N2O2/c1-17-7-14-8-18(2,11-17)13-19(9-14,12-17)20-16(23)6-15(22)10-21(3,4)5/h14-15,22H,6-13H2,1-5H3/p+1. The number of hydrogen-bond donors (Lipinski definition) is 2. The van der Waals surface area contributed by atoms with Crippen molar-refractivity contribution in [1.82, 2.24) is 5.32 Å². The second-order valence-electron chi connectivity index (χ2n) is 10.8. The van der Waals surface area contributed by atoms with E-state index in [0.717, 1.165) is 25.2 Å². The Balaban J connectivity index is 1.64. The molecule has 4 saturated carbocycles. The number of aliphatic hydroxyl groups excluding tert-OH is 1.